The Morgan fingerprint density at radius 3 is 2.52 bits per heavy atom. The number of nitrogens with two attached hydrogens (primary N) is 1. The average Bonchev–Trinajstić information content (AvgIpc) is 2.56. The van der Waals surface area contributed by atoms with Crippen LogP contribution in [0.15, 0.2) is 60.8 Å². The van der Waals surface area contributed by atoms with E-state index in [0.717, 1.165) is 16.8 Å². The Bertz CT molecular complexity index is 757. The van der Waals surface area contributed by atoms with E-state index in [1.54, 1.807) is 24.4 Å². The van der Waals surface area contributed by atoms with Gasteiger partial charge in [-0.15, -0.1) is 0 Å². The van der Waals surface area contributed by atoms with Crippen LogP contribution in [0.25, 0.3) is 22.6 Å². The zero-order valence-electron chi connectivity index (χ0n) is 11.3. The summed E-state index contributed by atoms with van der Waals surface area (Å²) < 4.78 is 13.5. The maximum atomic E-state index is 13.5. The summed E-state index contributed by atoms with van der Waals surface area (Å²) in [6.45, 7) is 0.163. The van der Waals surface area contributed by atoms with E-state index in [4.69, 9.17) is 5.73 Å². The minimum Gasteiger partial charge on any atom is -0.326 e. The highest BCUT2D eigenvalue weighted by Crippen LogP contribution is 2.22. The molecule has 0 aliphatic heterocycles. The number of hydrogen-bond acceptors (Lipinski definition) is 3. The number of benzene rings is 2. The zero-order chi connectivity index (χ0) is 14.7. The summed E-state index contributed by atoms with van der Waals surface area (Å²) in [7, 11) is 0. The third kappa shape index (κ3) is 2.80. The van der Waals surface area contributed by atoms with Gasteiger partial charge in [0.15, 0.2) is 5.82 Å². The lowest BCUT2D eigenvalue weighted by atomic mass is 10.1. The molecule has 104 valence electrons. The second-order valence-electron chi connectivity index (χ2n) is 4.64. The SMILES string of the molecule is NCc1cc(-c2ccnc(-c3ccccc3)n2)ccc1F. The summed E-state index contributed by atoms with van der Waals surface area (Å²) in [6.07, 6.45) is 1.70. The molecule has 0 saturated heterocycles. The highest BCUT2D eigenvalue weighted by atomic mass is 19.1. The van der Waals surface area contributed by atoms with Crippen molar-refractivity contribution in [3.8, 4) is 22.6 Å². The summed E-state index contributed by atoms with van der Waals surface area (Å²) in [5.74, 6) is 0.352. The van der Waals surface area contributed by atoms with Gasteiger partial charge in [-0.05, 0) is 24.3 Å². The van der Waals surface area contributed by atoms with Gasteiger partial charge in [0.05, 0.1) is 5.69 Å². The van der Waals surface area contributed by atoms with Gasteiger partial charge < -0.3 is 5.73 Å². The molecule has 0 bridgehead atoms. The van der Waals surface area contributed by atoms with E-state index in [-0.39, 0.29) is 12.4 Å². The van der Waals surface area contributed by atoms with Gasteiger partial charge in [-0.1, -0.05) is 30.3 Å². The molecule has 0 aliphatic rings. The molecule has 0 aliphatic carbocycles. The van der Waals surface area contributed by atoms with Crippen molar-refractivity contribution in [2.24, 2.45) is 5.73 Å². The number of aromatic nitrogens is 2. The summed E-state index contributed by atoms with van der Waals surface area (Å²) in [5.41, 5.74) is 8.55. The first-order chi connectivity index (χ1) is 10.3. The maximum Gasteiger partial charge on any atom is 0.159 e. The predicted octanol–water partition coefficient (Wildman–Crippen LogP) is 3.41. The largest absolute Gasteiger partial charge is 0.326 e. The Labute approximate surface area is 122 Å². The first-order valence-corrected chi connectivity index (χ1v) is 6.65. The van der Waals surface area contributed by atoms with Crippen LogP contribution in [0, 0.1) is 5.82 Å². The van der Waals surface area contributed by atoms with E-state index in [9.17, 15) is 4.39 Å². The molecule has 2 N–H and O–H groups in total. The van der Waals surface area contributed by atoms with Crippen LogP contribution in [0.2, 0.25) is 0 Å². The van der Waals surface area contributed by atoms with Crippen LogP contribution in [0.3, 0.4) is 0 Å². The van der Waals surface area contributed by atoms with Crippen molar-refractivity contribution in [2.75, 3.05) is 0 Å². The molecular weight excluding hydrogens is 265 g/mol. The standard InChI is InChI=1S/C17H14FN3/c18-15-7-6-13(10-14(15)11-19)16-8-9-20-17(21-16)12-4-2-1-3-5-12/h1-10H,11,19H2. The second-order valence-corrected chi connectivity index (χ2v) is 4.64. The molecule has 4 heteroatoms. The highest BCUT2D eigenvalue weighted by molar-refractivity contribution is 5.64. The van der Waals surface area contributed by atoms with E-state index in [2.05, 4.69) is 9.97 Å². The Balaban J connectivity index is 2.04. The summed E-state index contributed by atoms with van der Waals surface area (Å²) in [4.78, 5) is 8.83. The number of nitrogens with zero attached hydrogens (tertiary/aromatic N) is 2. The average molecular weight is 279 g/mol. The van der Waals surface area contributed by atoms with Crippen LogP contribution in [0.5, 0.6) is 0 Å². The van der Waals surface area contributed by atoms with E-state index in [1.807, 2.05) is 30.3 Å². The Morgan fingerprint density at radius 1 is 0.952 bits per heavy atom. The third-order valence-electron chi connectivity index (χ3n) is 3.25. The van der Waals surface area contributed by atoms with Crippen molar-refractivity contribution in [3.63, 3.8) is 0 Å². The van der Waals surface area contributed by atoms with Crippen LogP contribution < -0.4 is 5.73 Å². The van der Waals surface area contributed by atoms with Gasteiger partial charge in [-0.25, -0.2) is 14.4 Å². The fourth-order valence-electron chi connectivity index (χ4n) is 2.14. The Kier molecular flexibility index (Phi) is 3.71. The van der Waals surface area contributed by atoms with Crippen molar-refractivity contribution in [1.29, 1.82) is 0 Å². The molecule has 3 aromatic rings. The van der Waals surface area contributed by atoms with Crippen molar-refractivity contribution in [3.05, 3.63) is 72.2 Å². The summed E-state index contributed by atoms with van der Waals surface area (Å²) in [5, 5.41) is 0. The third-order valence-corrected chi connectivity index (χ3v) is 3.25. The molecule has 0 fully saturated rings. The van der Waals surface area contributed by atoms with Crippen LogP contribution in [-0.2, 0) is 6.54 Å². The van der Waals surface area contributed by atoms with E-state index >= 15 is 0 Å². The van der Waals surface area contributed by atoms with Gasteiger partial charge in [0.25, 0.3) is 0 Å². The maximum absolute atomic E-state index is 13.5. The van der Waals surface area contributed by atoms with Gasteiger partial charge in [0, 0.05) is 29.4 Å². The number of rotatable bonds is 3. The molecule has 0 saturated carbocycles. The molecular formula is C17H14FN3. The van der Waals surface area contributed by atoms with E-state index < -0.39 is 0 Å². The van der Waals surface area contributed by atoms with Crippen LogP contribution >= 0.6 is 0 Å². The first-order valence-electron chi connectivity index (χ1n) is 6.65. The quantitative estimate of drug-likeness (QED) is 0.799. The molecule has 0 unspecified atom stereocenters. The van der Waals surface area contributed by atoms with Crippen LogP contribution in [0.4, 0.5) is 4.39 Å². The van der Waals surface area contributed by atoms with Gasteiger partial charge in [-0.2, -0.15) is 0 Å². The number of halogens is 1. The molecule has 21 heavy (non-hydrogen) atoms. The van der Waals surface area contributed by atoms with Crippen molar-refractivity contribution in [1.82, 2.24) is 9.97 Å². The lowest BCUT2D eigenvalue weighted by Gasteiger charge is -2.06. The van der Waals surface area contributed by atoms with Gasteiger partial charge in [0.1, 0.15) is 5.82 Å². The molecule has 2 aromatic carbocycles. The first kappa shape index (κ1) is 13.4. The fraction of sp³-hybridized carbons (Fsp3) is 0.0588. The van der Waals surface area contributed by atoms with E-state index in [1.165, 1.54) is 6.07 Å². The predicted molar refractivity (Wildman–Crippen MR) is 80.8 cm³/mol. The lowest BCUT2D eigenvalue weighted by molar-refractivity contribution is 0.611. The normalized spacial score (nSPS) is 10.6. The molecule has 3 rings (SSSR count). The number of hydrogen-bond donors (Lipinski definition) is 1. The fourth-order valence-corrected chi connectivity index (χ4v) is 2.14. The molecule has 1 aromatic heterocycles. The van der Waals surface area contributed by atoms with Crippen molar-refractivity contribution >= 4 is 0 Å². The monoisotopic (exact) mass is 279 g/mol. The second kappa shape index (κ2) is 5.81. The Morgan fingerprint density at radius 2 is 1.76 bits per heavy atom. The minimum atomic E-state index is -0.293. The minimum absolute atomic E-state index is 0.163. The smallest absolute Gasteiger partial charge is 0.159 e. The molecule has 0 amide bonds. The van der Waals surface area contributed by atoms with E-state index in [0.29, 0.717) is 11.4 Å². The molecule has 1 heterocycles. The molecule has 0 radical (unpaired) electrons. The summed E-state index contributed by atoms with van der Waals surface area (Å²) >= 11 is 0. The van der Waals surface area contributed by atoms with Gasteiger partial charge >= 0.3 is 0 Å². The van der Waals surface area contributed by atoms with Crippen LogP contribution in [0.1, 0.15) is 5.56 Å². The van der Waals surface area contributed by atoms with Crippen LogP contribution in [-0.4, -0.2) is 9.97 Å². The summed E-state index contributed by atoms with van der Waals surface area (Å²) in [6, 6.07) is 16.4. The highest BCUT2D eigenvalue weighted by Gasteiger charge is 2.07. The molecule has 3 nitrogen and oxygen atoms in total. The van der Waals surface area contributed by atoms with Crippen molar-refractivity contribution < 1.29 is 4.39 Å². The lowest BCUT2D eigenvalue weighted by Crippen LogP contribution is -2.00. The van der Waals surface area contributed by atoms with Gasteiger partial charge in [-0.3, -0.25) is 0 Å². The topological polar surface area (TPSA) is 51.8 Å². The molecule has 0 atom stereocenters. The van der Waals surface area contributed by atoms with Gasteiger partial charge in [0.2, 0.25) is 0 Å². The molecule has 0 spiro atoms. The Hall–Kier alpha value is -2.59. The zero-order valence-corrected chi connectivity index (χ0v) is 11.3. The van der Waals surface area contributed by atoms with Crippen molar-refractivity contribution in [2.45, 2.75) is 6.54 Å².